The Bertz CT molecular complexity index is 670. The van der Waals surface area contributed by atoms with Crippen LogP contribution in [-0.2, 0) is 16.0 Å². The molecular formula is C21H30N2O4. The van der Waals surface area contributed by atoms with Gasteiger partial charge in [0.15, 0.2) is 11.5 Å². The van der Waals surface area contributed by atoms with E-state index in [0.717, 1.165) is 24.8 Å². The second-order valence-corrected chi connectivity index (χ2v) is 6.67. The van der Waals surface area contributed by atoms with Gasteiger partial charge in [-0.2, -0.15) is 0 Å². The lowest BCUT2D eigenvalue weighted by Gasteiger charge is -2.13. The monoisotopic (exact) mass is 374 g/mol. The summed E-state index contributed by atoms with van der Waals surface area (Å²) in [4.78, 5) is 23.8. The highest BCUT2D eigenvalue weighted by Crippen LogP contribution is 2.27. The maximum Gasteiger partial charge on any atom is 0.239 e. The fourth-order valence-corrected chi connectivity index (χ4v) is 3.12. The van der Waals surface area contributed by atoms with Crippen molar-refractivity contribution in [2.45, 2.75) is 44.9 Å². The Morgan fingerprint density at radius 1 is 1.00 bits per heavy atom. The number of ether oxygens (including phenoxy) is 2. The average Bonchev–Trinajstić information content (AvgIpc) is 2.71. The number of hydrogen-bond donors (Lipinski definition) is 2. The molecule has 1 aromatic rings. The van der Waals surface area contributed by atoms with E-state index in [1.807, 2.05) is 18.2 Å². The number of carbonyl (C=O) groups is 2. The van der Waals surface area contributed by atoms with Gasteiger partial charge in [0.25, 0.3) is 0 Å². The Morgan fingerprint density at radius 3 is 2.52 bits per heavy atom. The lowest BCUT2D eigenvalue weighted by Crippen LogP contribution is -2.37. The summed E-state index contributed by atoms with van der Waals surface area (Å²) in [6.45, 7) is 0.649. The number of carbonyl (C=O) groups excluding carboxylic acids is 2. The lowest BCUT2D eigenvalue weighted by atomic mass is 9.97. The minimum Gasteiger partial charge on any atom is -0.493 e. The molecule has 1 aromatic carbocycles. The summed E-state index contributed by atoms with van der Waals surface area (Å²) in [6.07, 6.45) is 8.88. The van der Waals surface area contributed by atoms with E-state index in [9.17, 15) is 9.59 Å². The molecule has 6 heteroatoms. The number of hydrogen-bond acceptors (Lipinski definition) is 4. The number of methoxy groups -OCH3 is 2. The van der Waals surface area contributed by atoms with Crippen LogP contribution in [0.4, 0.5) is 0 Å². The molecule has 2 rings (SSSR count). The summed E-state index contributed by atoms with van der Waals surface area (Å²) in [7, 11) is 3.17. The van der Waals surface area contributed by atoms with E-state index in [1.165, 1.54) is 18.4 Å². The van der Waals surface area contributed by atoms with E-state index in [0.29, 0.717) is 30.9 Å². The lowest BCUT2D eigenvalue weighted by molar-refractivity contribution is -0.126. The van der Waals surface area contributed by atoms with Crippen molar-refractivity contribution in [3.05, 3.63) is 35.4 Å². The first kappa shape index (κ1) is 20.8. The molecule has 0 spiro atoms. The molecule has 27 heavy (non-hydrogen) atoms. The van der Waals surface area contributed by atoms with Crippen molar-refractivity contribution >= 4 is 11.8 Å². The van der Waals surface area contributed by atoms with Crippen LogP contribution < -0.4 is 20.1 Å². The number of rotatable bonds is 10. The molecule has 0 aliphatic heterocycles. The van der Waals surface area contributed by atoms with Gasteiger partial charge in [-0.3, -0.25) is 9.59 Å². The maximum atomic E-state index is 12.0. The third-order valence-electron chi connectivity index (χ3n) is 4.69. The molecular weight excluding hydrogens is 344 g/mol. The fraction of sp³-hybridized carbons (Fsp3) is 0.524. The summed E-state index contributed by atoms with van der Waals surface area (Å²) < 4.78 is 10.5. The largest absolute Gasteiger partial charge is 0.493 e. The van der Waals surface area contributed by atoms with Crippen molar-refractivity contribution in [1.82, 2.24) is 10.6 Å². The van der Waals surface area contributed by atoms with Crippen LogP contribution in [0, 0.1) is 0 Å². The normalized spacial score (nSPS) is 13.5. The van der Waals surface area contributed by atoms with Gasteiger partial charge in [-0.25, -0.2) is 0 Å². The fourth-order valence-electron chi connectivity index (χ4n) is 3.12. The zero-order valence-electron chi connectivity index (χ0n) is 16.3. The van der Waals surface area contributed by atoms with Crippen LogP contribution in [-0.4, -0.2) is 39.1 Å². The first-order chi connectivity index (χ1) is 13.1. The van der Waals surface area contributed by atoms with Crippen molar-refractivity contribution in [2.24, 2.45) is 0 Å². The summed E-state index contributed by atoms with van der Waals surface area (Å²) in [6, 6.07) is 5.58. The Kier molecular flexibility index (Phi) is 8.68. The van der Waals surface area contributed by atoms with E-state index >= 15 is 0 Å². The number of amides is 2. The van der Waals surface area contributed by atoms with Crippen molar-refractivity contribution in [2.75, 3.05) is 27.3 Å². The standard InChI is InChI=1S/C21H30N2O4/c1-26-18-10-8-17(14-19(18)27-2)9-11-20(24)23-15-21(25)22-13-12-16-6-4-3-5-7-16/h6,8,10,14H,3-5,7,9,11-13,15H2,1-2H3,(H,22,25)(H,23,24). The highest BCUT2D eigenvalue weighted by molar-refractivity contribution is 5.84. The molecule has 2 amide bonds. The quantitative estimate of drug-likeness (QED) is 0.618. The van der Waals surface area contributed by atoms with Crippen molar-refractivity contribution in [3.8, 4) is 11.5 Å². The van der Waals surface area contributed by atoms with Gasteiger partial charge < -0.3 is 20.1 Å². The highest BCUT2D eigenvalue weighted by Gasteiger charge is 2.09. The summed E-state index contributed by atoms with van der Waals surface area (Å²) >= 11 is 0. The summed E-state index contributed by atoms with van der Waals surface area (Å²) in [5.74, 6) is 1.01. The Morgan fingerprint density at radius 2 is 1.81 bits per heavy atom. The molecule has 0 unspecified atom stereocenters. The highest BCUT2D eigenvalue weighted by atomic mass is 16.5. The van der Waals surface area contributed by atoms with E-state index in [2.05, 4.69) is 16.7 Å². The minimum atomic E-state index is -0.147. The summed E-state index contributed by atoms with van der Waals surface area (Å²) in [5, 5.41) is 5.53. The molecule has 0 heterocycles. The third-order valence-corrected chi connectivity index (χ3v) is 4.69. The van der Waals surface area contributed by atoms with Gasteiger partial charge in [-0.1, -0.05) is 17.7 Å². The molecule has 0 bridgehead atoms. The van der Waals surface area contributed by atoms with Crippen LogP contribution in [0.1, 0.15) is 44.1 Å². The zero-order valence-corrected chi connectivity index (χ0v) is 16.3. The van der Waals surface area contributed by atoms with Gasteiger partial charge in [-0.15, -0.1) is 0 Å². The predicted molar refractivity (Wildman–Crippen MR) is 105 cm³/mol. The van der Waals surface area contributed by atoms with Crippen molar-refractivity contribution in [3.63, 3.8) is 0 Å². The van der Waals surface area contributed by atoms with Gasteiger partial charge in [0.1, 0.15) is 0 Å². The Labute approximate surface area is 161 Å². The number of nitrogens with one attached hydrogen (secondary N) is 2. The van der Waals surface area contributed by atoms with Gasteiger partial charge in [-0.05, 0) is 56.2 Å². The molecule has 0 atom stereocenters. The number of allylic oxidation sites excluding steroid dienone is 1. The van der Waals surface area contributed by atoms with Gasteiger partial charge in [0, 0.05) is 13.0 Å². The van der Waals surface area contributed by atoms with E-state index in [1.54, 1.807) is 14.2 Å². The molecule has 0 aromatic heterocycles. The first-order valence-corrected chi connectivity index (χ1v) is 9.54. The van der Waals surface area contributed by atoms with Crippen LogP contribution in [0.3, 0.4) is 0 Å². The topological polar surface area (TPSA) is 76.7 Å². The SMILES string of the molecule is COc1ccc(CCC(=O)NCC(=O)NCCC2=CCCCC2)cc1OC. The van der Waals surface area contributed by atoms with Gasteiger partial charge in [0.05, 0.1) is 20.8 Å². The zero-order chi connectivity index (χ0) is 19.5. The van der Waals surface area contributed by atoms with Crippen LogP contribution in [0.25, 0.3) is 0 Å². The first-order valence-electron chi connectivity index (χ1n) is 9.54. The molecule has 148 valence electrons. The Hall–Kier alpha value is -2.50. The van der Waals surface area contributed by atoms with Crippen LogP contribution in [0.2, 0.25) is 0 Å². The average molecular weight is 374 g/mol. The molecule has 2 N–H and O–H groups in total. The van der Waals surface area contributed by atoms with Crippen molar-refractivity contribution in [1.29, 1.82) is 0 Å². The third kappa shape index (κ3) is 7.33. The molecule has 0 fully saturated rings. The molecule has 1 aliphatic rings. The van der Waals surface area contributed by atoms with Crippen molar-refractivity contribution < 1.29 is 19.1 Å². The number of aryl methyl sites for hydroxylation is 1. The maximum absolute atomic E-state index is 12.0. The van der Waals surface area contributed by atoms with E-state index in [-0.39, 0.29) is 18.4 Å². The minimum absolute atomic E-state index is 0.0177. The van der Waals surface area contributed by atoms with Crippen LogP contribution in [0.15, 0.2) is 29.8 Å². The predicted octanol–water partition coefficient (Wildman–Crippen LogP) is 2.76. The van der Waals surface area contributed by atoms with Crippen LogP contribution >= 0.6 is 0 Å². The molecule has 0 saturated carbocycles. The second-order valence-electron chi connectivity index (χ2n) is 6.67. The molecule has 6 nitrogen and oxygen atoms in total. The smallest absolute Gasteiger partial charge is 0.239 e. The summed E-state index contributed by atoms with van der Waals surface area (Å²) in [5.41, 5.74) is 2.41. The van der Waals surface area contributed by atoms with Gasteiger partial charge in [0.2, 0.25) is 11.8 Å². The van der Waals surface area contributed by atoms with E-state index < -0.39 is 0 Å². The van der Waals surface area contributed by atoms with E-state index in [4.69, 9.17) is 9.47 Å². The molecule has 0 saturated heterocycles. The molecule has 1 aliphatic carbocycles. The molecule has 0 radical (unpaired) electrons. The van der Waals surface area contributed by atoms with Gasteiger partial charge >= 0.3 is 0 Å². The second kappa shape index (κ2) is 11.3. The number of benzene rings is 1. The van der Waals surface area contributed by atoms with Crippen LogP contribution in [0.5, 0.6) is 11.5 Å². The Balaban J connectivity index is 1.64.